The summed E-state index contributed by atoms with van der Waals surface area (Å²) < 4.78 is 1.78. The van der Waals surface area contributed by atoms with Gasteiger partial charge in [0.1, 0.15) is 6.61 Å². The second-order valence-corrected chi connectivity index (χ2v) is 2.85. The Balaban J connectivity index is 3.03. The summed E-state index contributed by atoms with van der Waals surface area (Å²) in [5.74, 6) is 4.96. The number of nitrogens with zero attached hydrogens (tertiary/aromatic N) is 2. The Bertz CT molecular complexity index is 272. The molecule has 5 heteroatoms. The minimum atomic E-state index is 0.299. The van der Waals surface area contributed by atoms with Crippen molar-refractivity contribution >= 4 is 11.6 Å². The molecule has 0 fully saturated rings. The molecule has 2 N–H and O–H groups in total. The predicted octanol–water partition coefficient (Wildman–Crippen LogP) is 1.26. The van der Waals surface area contributed by atoms with Crippen molar-refractivity contribution in [2.75, 3.05) is 0 Å². The molecular formula is C7H12ClN3O. The van der Waals surface area contributed by atoms with Crippen LogP contribution in [0.1, 0.15) is 18.3 Å². The number of hydrogen-bond donors (Lipinski definition) is 1. The minimum absolute atomic E-state index is 0.299. The zero-order chi connectivity index (χ0) is 9.14. The van der Waals surface area contributed by atoms with Crippen molar-refractivity contribution in [3.8, 4) is 0 Å². The van der Waals surface area contributed by atoms with Gasteiger partial charge in [0.2, 0.25) is 0 Å². The average Bonchev–Trinajstić information content (AvgIpc) is 2.33. The standard InChI is InChI=1S/C7H12ClN3O/c1-3-11-6(4-12-9)7(8)5(2)10-11/h3-4,9H2,1-2H3. The highest BCUT2D eigenvalue weighted by Gasteiger charge is 2.11. The topological polar surface area (TPSA) is 53.1 Å². The van der Waals surface area contributed by atoms with E-state index in [2.05, 4.69) is 9.94 Å². The molecule has 0 atom stereocenters. The van der Waals surface area contributed by atoms with Gasteiger partial charge in [-0.25, -0.2) is 5.90 Å². The molecule has 0 bridgehead atoms. The van der Waals surface area contributed by atoms with E-state index in [9.17, 15) is 0 Å². The normalized spacial score (nSPS) is 10.7. The van der Waals surface area contributed by atoms with Crippen molar-refractivity contribution in [2.45, 2.75) is 27.0 Å². The number of nitrogens with two attached hydrogens (primary N) is 1. The first-order valence-electron chi connectivity index (χ1n) is 3.74. The zero-order valence-electron chi connectivity index (χ0n) is 7.17. The van der Waals surface area contributed by atoms with Crippen molar-refractivity contribution < 1.29 is 4.84 Å². The van der Waals surface area contributed by atoms with Gasteiger partial charge in [-0.15, -0.1) is 0 Å². The maximum Gasteiger partial charge on any atom is 0.111 e. The van der Waals surface area contributed by atoms with Crippen LogP contribution >= 0.6 is 11.6 Å². The van der Waals surface area contributed by atoms with E-state index in [0.717, 1.165) is 17.9 Å². The molecule has 0 radical (unpaired) electrons. The first kappa shape index (κ1) is 9.51. The Morgan fingerprint density at radius 1 is 1.67 bits per heavy atom. The summed E-state index contributed by atoms with van der Waals surface area (Å²) in [4.78, 5) is 4.52. The van der Waals surface area contributed by atoms with Crippen LogP contribution in [0.2, 0.25) is 5.02 Å². The van der Waals surface area contributed by atoms with Crippen LogP contribution in [-0.2, 0) is 18.0 Å². The van der Waals surface area contributed by atoms with Gasteiger partial charge in [-0.1, -0.05) is 11.6 Å². The van der Waals surface area contributed by atoms with Crippen molar-refractivity contribution in [2.24, 2.45) is 5.90 Å². The largest absolute Gasteiger partial charge is 0.298 e. The fraction of sp³-hybridized carbons (Fsp3) is 0.571. The quantitative estimate of drug-likeness (QED) is 0.729. The predicted molar refractivity (Wildman–Crippen MR) is 46.6 cm³/mol. The Kier molecular flexibility index (Phi) is 3.08. The smallest absolute Gasteiger partial charge is 0.111 e. The molecule has 0 saturated carbocycles. The van der Waals surface area contributed by atoms with Crippen LogP contribution in [0.3, 0.4) is 0 Å². The van der Waals surface area contributed by atoms with Gasteiger partial charge in [-0.3, -0.25) is 9.52 Å². The van der Waals surface area contributed by atoms with E-state index >= 15 is 0 Å². The van der Waals surface area contributed by atoms with Gasteiger partial charge in [0, 0.05) is 6.54 Å². The maximum absolute atomic E-state index is 5.95. The average molecular weight is 190 g/mol. The molecule has 0 saturated heterocycles. The third kappa shape index (κ3) is 1.60. The summed E-state index contributed by atoms with van der Waals surface area (Å²) in [5, 5.41) is 4.84. The van der Waals surface area contributed by atoms with Crippen molar-refractivity contribution in [1.29, 1.82) is 0 Å². The van der Waals surface area contributed by atoms with Crippen LogP contribution in [0.15, 0.2) is 0 Å². The lowest BCUT2D eigenvalue weighted by Crippen LogP contribution is -2.07. The fourth-order valence-corrected chi connectivity index (χ4v) is 1.28. The monoisotopic (exact) mass is 189 g/mol. The van der Waals surface area contributed by atoms with Gasteiger partial charge in [-0.05, 0) is 13.8 Å². The highest BCUT2D eigenvalue weighted by Crippen LogP contribution is 2.20. The van der Waals surface area contributed by atoms with E-state index in [-0.39, 0.29) is 0 Å². The SMILES string of the molecule is CCn1nc(C)c(Cl)c1CON. The Labute approximate surface area is 76.2 Å². The van der Waals surface area contributed by atoms with E-state index in [1.165, 1.54) is 0 Å². The number of rotatable bonds is 3. The number of hydrogen-bond acceptors (Lipinski definition) is 3. The Hall–Kier alpha value is -0.580. The third-order valence-corrected chi connectivity index (χ3v) is 2.16. The van der Waals surface area contributed by atoms with Crippen LogP contribution in [0.5, 0.6) is 0 Å². The summed E-state index contributed by atoms with van der Waals surface area (Å²) in [6, 6.07) is 0. The molecule has 0 aliphatic heterocycles. The van der Waals surface area contributed by atoms with Crippen LogP contribution < -0.4 is 5.90 Å². The van der Waals surface area contributed by atoms with Gasteiger partial charge in [0.25, 0.3) is 0 Å². The number of aryl methyl sites for hydroxylation is 2. The second-order valence-electron chi connectivity index (χ2n) is 2.47. The number of halogens is 1. The summed E-state index contributed by atoms with van der Waals surface area (Å²) in [6.45, 7) is 4.91. The fourth-order valence-electron chi connectivity index (χ4n) is 1.09. The van der Waals surface area contributed by atoms with E-state index in [1.807, 2.05) is 13.8 Å². The first-order valence-corrected chi connectivity index (χ1v) is 4.12. The molecule has 12 heavy (non-hydrogen) atoms. The molecule has 0 amide bonds. The van der Waals surface area contributed by atoms with E-state index in [4.69, 9.17) is 17.5 Å². The van der Waals surface area contributed by atoms with Crippen LogP contribution in [0, 0.1) is 6.92 Å². The van der Waals surface area contributed by atoms with Gasteiger partial charge in [-0.2, -0.15) is 5.10 Å². The molecule has 4 nitrogen and oxygen atoms in total. The second kappa shape index (κ2) is 3.89. The molecule has 0 aliphatic rings. The lowest BCUT2D eigenvalue weighted by Gasteiger charge is -2.02. The molecule has 1 rings (SSSR count). The van der Waals surface area contributed by atoms with E-state index in [1.54, 1.807) is 4.68 Å². The molecule has 1 aromatic rings. The van der Waals surface area contributed by atoms with E-state index < -0.39 is 0 Å². The van der Waals surface area contributed by atoms with E-state index in [0.29, 0.717) is 11.6 Å². The first-order chi connectivity index (χ1) is 5.70. The molecule has 68 valence electrons. The van der Waals surface area contributed by atoms with Crippen molar-refractivity contribution in [1.82, 2.24) is 9.78 Å². The lowest BCUT2D eigenvalue weighted by atomic mass is 10.4. The highest BCUT2D eigenvalue weighted by atomic mass is 35.5. The molecule has 0 aliphatic carbocycles. The van der Waals surface area contributed by atoms with Crippen molar-refractivity contribution in [3.63, 3.8) is 0 Å². The summed E-state index contributed by atoms with van der Waals surface area (Å²) in [6.07, 6.45) is 0. The Morgan fingerprint density at radius 3 is 2.83 bits per heavy atom. The molecule has 1 heterocycles. The maximum atomic E-state index is 5.95. The number of aromatic nitrogens is 2. The Morgan fingerprint density at radius 2 is 2.33 bits per heavy atom. The van der Waals surface area contributed by atoms with Crippen LogP contribution in [-0.4, -0.2) is 9.78 Å². The molecule has 0 aromatic carbocycles. The molecule has 1 aromatic heterocycles. The van der Waals surface area contributed by atoms with Gasteiger partial charge in [0.05, 0.1) is 16.4 Å². The minimum Gasteiger partial charge on any atom is -0.298 e. The zero-order valence-corrected chi connectivity index (χ0v) is 7.93. The summed E-state index contributed by atoms with van der Waals surface area (Å²) in [7, 11) is 0. The van der Waals surface area contributed by atoms with Crippen LogP contribution in [0.25, 0.3) is 0 Å². The van der Waals surface area contributed by atoms with Gasteiger partial charge >= 0.3 is 0 Å². The van der Waals surface area contributed by atoms with Crippen LogP contribution in [0.4, 0.5) is 0 Å². The summed E-state index contributed by atoms with van der Waals surface area (Å²) in [5.41, 5.74) is 1.64. The third-order valence-electron chi connectivity index (χ3n) is 1.67. The molecule has 0 unspecified atom stereocenters. The summed E-state index contributed by atoms with van der Waals surface area (Å²) >= 11 is 5.95. The lowest BCUT2D eigenvalue weighted by molar-refractivity contribution is 0.118. The molecular weight excluding hydrogens is 178 g/mol. The van der Waals surface area contributed by atoms with Gasteiger partial charge in [0.15, 0.2) is 0 Å². The van der Waals surface area contributed by atoms with Gasteiger partial charge < -0.3 is 0 Å². The highest BCUT2D eigenvalue weighted by molar-refractivity contribution is 6.31. The van der Waals surface area contributed by atoms with Crippen molar-refractivity contribution in [3.05, 3.63) is 16.4 Å². The molecule has 0 spiro atoms.